The van der Waals surface area contributed by atoms with Crippen LogP contribution < -0.4 is 10.4 Å². The number of aliphatic hydroxyl groups is 2. The van der Waals surface area contributed by atoms with Crippen molar-refractivity contribution < 1.29 is 14.6 Å². The first kappa shape index (κ1) is 22.1. The first-order valence-corrected chi connectivity index (χ1v) is 11.3. The van der Waals surface area contributed by atoms with Gasteiger partial charge in [-0.3, -0.25) is 0 Å². The minimum absolute atomic E-state index is 0.0173. The molecule has 6 nitrogen and oxygen atoms in total. The van der Waals surface area contributed by atoms with Gasteiger partial charge in [0.25, 0.3) is 8.32 Å². The van der Waals surface area contributed by atoms with Gasteiger partial charge in [-0.05, 0) is 27.9 Å². The van der Waals surface area contributed by atoms with E-state index in [1.54, 1.807) is 0 Å². The van der Waals surface area contributed by atoms with Gasteiger partial charge in [0, 0.05) is 11.5 Å². The largest absolute Gasteiger partial charge is 0.407 e. The zero-order valence-corrected chi connectivity index (χ0v) is 17.9. The minimum Gasteiger partial charge on any atom is -0.407 e. The van der Waals surface area contributed by atoms with E-state index in [9.17, 15) is 10.2 Å². The molecule has 28 heavy (non-hydrogen) atoms. The van der Waals surface area contributed by atoms with Crippen LogP contribution in [0.1, 0.15) is 27.7 Å². The molecule has 0 bridgehead atoms. The Morgan fingerprint density at radius 3 is 1.82 bits per heavy atom. The number of hydrogen-bond acceptors (Lipinski definition) is 4. The predicted molar refractivity (Wildman–Crippen MR) is 114 cm³/mol. The van der Waals surface area contributed by atoms with Crippen molar-refractivity contribution in [3.05, 3.63) is 71.1 Å². The number of hydrogen-bond donors (Lipinski definition) is 2. The lowest BCUT2D eigenvalue weighted by molar-refractivity contribution is 0.00470. The second kappa shape index (κ2) is 9.36. The average molecular weight is 400 g/mol. The molecule has 0 aliphatic rings. The van der Waals surface area contributed by atoms with Gasteiger partial charge in [-0.1, -0.05) is 86.5 Å². The molecular formula is C21H29N3O3Si. The third-order valence-electron chi connectivity index (χ3n) is 4.98. The van der Waals surface area contributed by atoms with E-state index in [4.69, 9.17) is 9.96 Å². The molecule has 0 aliphatic carbocycles. The van der Waals surface area contributed by atoms with Gasteiger partial charge in [0.1, 0.15) is 0 Å². The Kier molecular flexibility index (Phi) is 7.40. The fourth-order valence-electron chi connectivity index (χ4n) is 3.56. The quantitative estimate of drug-likeness (QED) is 0.309. The Labute approximate surface area is 167 Å². The maximum atomic E-state index is 10.3. The Morgan fingerprint density at radius 2 is 1.46 bits per heavy atom. The number of azide groups is 1. The average Bonchev–Trinajstić information content (AvgIpc) is 2.67. The first-order chi connectivity index (χ1) is 13.2. The highest BCUT2D eigenvalue weighted by atomic mass is 28.4. The summed E-state index contributed by atoms with van der Waals surface area (Å²) in [7, 11) is -2.80. The third kappa shape index (κ3) is 4.63. The van der Waals surface area contributed by atoms with E-state index in [0.29, 0.717) is 0 Å². The van der Waals surface area contributed by atoms with Crippen molar-refractivity contribution >= 4 is 18.7 Å². The van der Waals surface area contributed by atoms with Gasteiger partial charge < -0.3 is 14.6 Å². The van der Waals surface area contributed by atoms with Crippen LogP contribution in [0, 0.1) is 0 Å². The molecule has 150 valence electrons. The molecule has 0 fully saturated rings. The fraction of sp³-hybridized carbons (Fsp3) is 0.429. The summed E-state index contributed by atoms with van der Waals surface area (Å²) in [6.45, 7) is 7.92. The summed E-state index contributed by atoms with van der Waals surface area (Å²) in [6, 6.07) is 19.3. The van der Waals surface area contributed by atoms with Crippen LogP contribution in [-0.4, -0.2) is 43.4 Å². The molecule has 2 N–H and O–H groups in total. The highest BCUT2D eigenvalue weighted by molar-refractivity contribution is 6.99. The van der Waals surface area contributed by atoms with E-state index in [0.717, 1.165) is 10.4 Å². The maximum absolute atomic E-state index is 10.3. The van der Waals surface area contributed by atoms with E-state index in [2.05, 4.69) is 55.1 Å². The molecule has 0 radical (unpaired) electrons. The molecule has 2 aromatic rings. The first-order valence-electron chi connectivity index (χ1n) is 9.39. The van der Waals surface area contributed by atoms with Crippen LogP contribution in [0.2, 0.25) is 5.04 Å². The standard InChI is InChI=1S/C21H29N3O3Si/c1-16(25)20(26)19(23-24-22)15-27-28(21(2,3)4,17-11-7-5-8-12-17)18-13-9-6-10-14-18/h5-14,16,19-20,25-26H,15H2,1-4H3. The van der Waals surface area contributed by atoms with Gasteiger partial charge in [-0.25, -0.2) is 0 Å². The number of benzene rings is 2. The van der Waals surface area contributed by atoms with Crippen LogP contribution in [0.15, 0.2) is 65.8 Å². The summed E-state index contributed by atoms with van der Waals surface area (Å²) in [5, 5.41) is 25.7. The van der Waals surface area contributed by atoms with Crippen molar-refractivity contribution in [1.82, 2.24) is 0 Å². The molecule has 7 heteroatoms. The predicted octanol–water partition coefficient (Wildman–Crippen LogP) is 2.98. The van der Waals surface area contributed by atoms with Gasteiger partial charge >= 0.3 is 0 Å². The SMILES string of the molecule is CC(O)C(O)C(CO[Si](c1ccccc1)(c1ccccc1)C(C)(C)C)N=[N+]=[N-]. The van der Waals surface area contributed by atoms with Gasteiger partial charge in [0.2, 0.25) is 0 Å². The summed E-state index contributed by atoms with van der Waals surface area (Å²) in [4.78, 5) is 2.84. The van der Waals surface area contributed by atoms with Gasteiger partial charge in [0.15, 0.2) is 0 Å². The van der Waals surface area contributed by atoms with Crippen molar-refractivity contribution in [2.24, 2.45) is 5.11 Å². The van der Waals surface area contributed by atoms with E-state index >= 15 is 0 Å². The molecule has 2 rings (SSSR count). The van der Waals surface area contributed by atoms with Crippen LogP contribution in [0.3, 0.4) is 0 Å². The minimum atomic E-state index is -2.80. The van der Waals surface area contributed by atoms with Crippen molar-refractivity contribution in [1.29, 1.82) is 0 Å². The summed E-state index contributed by atoms with van der Waals surface area (Å²) in [6.07, 6.45) is -2.23. The number of aliphatic hydroxyl groups excluding tert-OH is 2. The van der Waals surface area contributed by atoms with Crippen molar-refractivity contribution in [3.63, 3.8) is 0 Å². The zero-order chi connectivity index (χ0) is 20.8. The molecule has 0 aromatic heterocycles. The van der Waals surface area contributed by atoms with E-state index in [1.165, 1.54) is 6.92 Å². The molecule has 0 amide bonds. The third-order valence-corrected chi connectivity index (χ3v) is 9.98. The molecular weight excluding hydrogens is 370 g/mol. The molecule has 0 saturated carbocycles. The van der Waals surface area contributed by atoms with Crippen LogP contribution >= 0.6 is 0 Å². The Bertz CT molecular complexity index is 748. The smallest absolute Gasteiger partial charge is 0.261 e. The summed E-state index contributed by atoms with van der Waals surface area (Å²) in [5.74, 6) is 0. The normalized spacial score (nSPS) is 15.4. The fourth-order valence-corrected chi connectivity index (χ4v) is 8.14. The zero-order valence-electron chi connectivity index (χ0n) is 16.9. The van der Waals surface area contributed by atoms with Gasteiger partial charge in [-0.2, -0.15) is 0 Å². The summed E-state index contributed by atoms with van der Waals surface area (Å²) >= 11 is 0. The van der Waals surface area contributed by atoms with E-state index in [1.807, 2.05) is 36.4 Å². The van der Waals surface area contributed by atoms with Crippen molar-refractivity contribution in [3.8, 4) is 0 Å². The monoisotopic (exact) mass is 399 g/mol. The summed E-state index contributed by atoms with van der Waals surface area (Å²) in [5.41, 5.74) is 8.91. The second-order valence-electron chi connectivity index (χ2n) is 7.98. The molecule has 2 aromatic carbocycles. The Hall–Kier alpha value is -2.15. The Morgan fingerprint density at radius 1 is 1.00 bits per heavy atom. The molecule has 0 heterocycles. The van der Waals surface area contributed by atoms with Gasteiger partial charge in [-0.15, -0.1) is 0 Å². The molecule has 3 unspecified atom stereocenters. The number of rotatable bonds is 8. The van der Waals surface area contributed by atoms with Crippen LogP contribution in [0.25, 0.3) is 10.4 Å². The lowest BCUT2D eigenvalue weighted by atomic mass is 10.1. The molecule has 0 aliphatic heterocycles. The highest BCUT2D eigenvalue weighted by Crippen LogP contribution is 2.37. The second-order valence-corrected chi connectivity index (χ2v) is 12.3. The van der Waals surface area contributed by atoms with Crippen molar-refractivity contribution in [2.45, 2.75) is 51.0 Å². The maximum Gasteiger partial charge on any atom is 0.261 e. The van der Waals surface area contributed by atoms with Gasteiger partial charge in [0.05, 0.1) is 18.2 Å². The lowest BCUT2D eigenvalue weighted by Gasteiger charge is -2.43. The van der Waals surface area contributed by atoms with Crippen LogP contribution in [0.4, 0.5) is 0 Å². The van der Waals surface area contributed by atoms with Crippen molar-refractivity contribution in [2.75, 3.05) is 6.61 Å². The van der Waals surface area contributed by atoms with Crippen LogP contribution in [-0.2, 0) is 4.43 Å². The van der Waals surface area contributed by atoms with E-state index in [-0.39, 0.29) is 11.6 Å². The summed E-state index contributed by atoms with van der Waals surface area (Å²) < 4.78 is 6.66. The van der Waals surface area contributed by atoms with Crippen LogP contribution in [0.5, 0.6) is 0 Å². The molecule has 0 spiro atoms. The van der Waals surface area contributed by atoms with E-state index < -0.39 is 26.6 Å². The highest BCUT2D eigenvalue weighted by Gasteiger charge is 2.50. The number of nitrogens with zero attached hydrogens (tertiary/aromatic N) is 3. The molecule has 0 saturated heterocycles. The Balaban J connectivity index is 2.57. The molecule has 3 atom stereocenters. The lowest BCUT2D eigenvalue weighted by Crippen LogP contribution is -2.67. The topological polar surface area (TPSA) is 98.5 Å².